The SMILES string of the molecule is O=CCCc1nccn1Cc1ccccc1. The minimum atomic E-state index is 0.534. The van der Waals surface area contributed by atoms with Crippen LogP contribution in [0.3, 0.4) is 0 Å². The van der Waals surface area contributed by atoms with Crippen molar-refractivity contribution in [2.24, 2.45) is 0 Å². The summed E-state index contributed by atoms with van der Waals surface area (Å²) in [5.41, 5.74) is 1.24. The van der Waals surface area contributed by atoms with E-state index in [-0.39, 0.29) is 0 Å². The number of carbonyl (C=O) groups is 1. The lowest BCUT2D eigenvalue weighted by Gasteiger charge is -2.06. The highest BCUT2D eigenvalue weighted by atomic mass is 16.1. The number of aromatic nitrogens is 2. The zero-order chi connectivity index (χ0) is 11.2. The molecule has 0 saturated heterocycles. The summed E-state index contributed by atoms with van der Waals surface area (Å²) in [7, 11) is 0. The van der Waals surface area contributed by atoms with Crippen molar-refractivity contribution >= 4 is 6.29 Å². The third-order valence-corrected chi connectivity index (χ3v) is 2.48. The van der Waals surface area contributed by atoms with Gasteiger partial charge in [-0.15, -0.1) is 0 Å². The second-order valence-electron chi connectivity index (χ2n) is 3.66. The molecule has 1 heterocycles. The summed E-state index contributed by atoms with van der Waals surface area (Å²) >= 11 is 0. The van der Waals surface area contributed by atoms with Crippen molar-refractivity contribution in [1.29, 1.82) is 0 Å². The zero-order valence-corrected chi connectivity index (χ0v) is 9.04. The molecule has 0 N–H and O–H groups in total. The summed E-state index contributed by atoms with van der Waals surface area (Å²) in [6.45, 7) is 0.815. The van der Waals surface area contributed by atoms with Crippen LogP contribution in [-0.4, -0.2) is 15.8 Å². The van der Waals surface area contributed by atoms with E-state index in [1.54, 1.807) is 6.20 Å². The topological polar surface area (TPSA) is 34.9 Å². The highest BCUT2D eigenvalue weighted by Crippen LogP contribution is 2.06. The molecule has 0 atom stereocenters. The third-order valence-electron chi connectivity index (χ3n) is 2.48. The summed E-state index contributed by atoms with van der Waals surface area (Å²) < 4.78 is 2.08. The number of carbonyl (C=O) groups excluding carboxylic acids is 1. The first kappa shape index (κ1) is 10.6. The molecule has 0 radical (unpaired) electrons. The predicted molar refractivity (Wildman–Crippen MR) is 62.2 cm³/mol. The number of hydrogen-bond acceptors (Lipinski definition) is 2. The second kappa shape index (κ2) is 5.26. The van der Waals surface area contributed by atoms with Gasteiger partial charge in [-0.2, -0.15) is 0 Å². The molecule has 0 amide bonds. The zero-order valence-electron chi connectivity index (χ0n) is 9.04. The molecule has 3 nitrogen and oxygen atoms in total. The maximum Gasteiger partial charge on any atom is 0.120 e. The van der Waals surface area contributed by atoms with Crippen LogP contribution in [0.25, 0.3) is 0 Å². The van der Waals surface area contributed by atoms with Crippen LogP contribution in [0.4, 0.5) is 0 Å². The molecule has 3 heteroatoms. The van der Waals surface area contributed by atoms with Crippen molar-refractivity contribution in [1.82, 2.24) is 9.55 Å². The average Bonchev–Trinajstić information content (AvgIpc) is 2.75. The van der Waals surface area contributed by atoms with Gasteiger partial charge in [0.1, 0.15) is 12.1 Å². The molecule has 1 aromatic heterocycles. The predicted octanol–water partition coefficient (Wildman–Crippen LogP) is 2.06. The van der Waals surface area contributed by atoms with Gasteiger partial charge >= 0.3 is 0 Å². The van der Waals surface area contributed by atoms with Gasteiger partial charge in [-0.1, -0.05) is 30.3 Å². The fourth-order valence-corrected chi connectivity index (χ4v) is 1.68. The molecule has 1 aromatic carbocycles. The Labute approximate surface area is 94.7 Å². The number of nitrogens with zero attached hydrogens (tertiary/aromatic N) is 2. The fourth-order valence-electron chi connectivity index (χ4n) is 1.68. The summed E-state index contributed by atoms with van der Waals surface area (Å²) in [5.74, 6) is 0.968. The lowest BCUT2D eigenvalue weighted by atomic mass is 10.2. The summed E-state index contributed by atoms with van der Waals surface area (Å²) in [6.07, 6.45) is 5.91. The number of benzene rings is 1. The van der Waals surface area contributed by atoms with Crippen LogP contribution in [0.2, 0.25) is 0 Å². The standard InChI is InChI=1S/C13H14N2O/c16-10-4-7-13-14-8-9-15(13)11-12-5-2-1-3-6-12/h1-3,5-6,8-10H,4,7,11H2. The van der Waals surface area contributed by atoms with Gasteiger partial charge in [0.2, 0.25) is 0 Å². The van der Waals surface area contributed by atoms with E-state index in [2.05, 4.69) is 21.7 Å². The molecule has 2 rings (SSSR count). The third kappa shape index (κ3) is 2.57. The molecule has 0 saturated carbocycles. The number of aldehydes is 1. The van der Waals surface area contributed by atoms with Gasteiger partial charge in [-0.3, -0.25) is 0 Å². The van der Waals surface area contributed by atoms with Crippen LogP contribution in [0, 0.1) is 0 Å². The molecular weight excluding hydrogens is 200 g/mol. The lowest BCUT2D eigenvalue weighted by Crippen LogP contribution is -2.04. The van der Waals surface area contributed by atoms with Crippen molar-refractivity contribution in [3.05, 3.63) is 54.1 Å². The largest absolute Gasteiger partial charge is 0.331 e. The van der Waals surface area contributed by atoms with Crippen LogP contribution < -0.4 is 0 Å². The maximum atomic E-state index is 10.3. The smallest absolute Gasteiger partial charge is 0.120 e. The minimum absolute atomic E-state index is 0.534. The Morgan fingerprint density at radius 2 is 2.06 bits per heavy atom. The van der Waals surface area contributed by atoms with Gasteiger partial charge in [0.15, 0.2) is 0 Å². The van der Waals surface area contributed by atoms with Gasteiger partial charge < -0.3 is 9.36 Å². The van der Waals surface area contributed by atoms with E-state index in [1.165, 1.54) is 5.56 Å². The van der Waals surface area contributed by atoms with E-state index in [0.29, 0.717) is 12.8 Å². The molecule has 0 fully saturated rings. The van der Waals surface area contributed by atoms with Crippen molar-refractivity contribution in [3.63, 3.8) is 0 Å². The number of aryl methyl sites for hydroxylation is 1. The summed E-state index contributed by atoms with van der Waals surface area (Å²) in [4.78, 5) is 14.6. The van der Waals surface area contributed by atoms with Gasteiger partial charge in [0.05, 0.1) is 0 Å². The molecule has 0 aliphatic rings. The van der Waals surface area contributed by atoms with Gasteiger partial charge in [-0.05, 0) is 5.56 Å². The fraction of sp³-hybridized carbons (Fsp3) is 0.231. The molecule has 82 valence electrons. The van der Waals surface area contributed by atoms with E-state index in [9.17, 15) is 4.79 Å². The van der Waals surface area contributed by atoms with Crippen LogP contribution in [0.1, 0.15) is 17.8 Å². The van der Waals surface area contributed by atoms with Crippen molar-refractivity contribution in [2.75, 3.05) is 0 Å². The highest BCUT2D eigenvalue weighted by Gasteiger charge is 2.02. The molecule has 0 unspecified atom stereocenters. The Balaban J connectivity index is 2.09. The Bertz CT molecular complexity index is 448. The Hall–Kier alpha value is -1.90. The van der Waals surface area contributed by atoms with E-state index in [1.807, 2.05) is 24.4 Å². The van der Waals surface area contributed by atoms with Crippen molar-refractivity contribution < 1.29 is 4.79 Å². The maximum absolute atomic E-state index is 10.3. The van der Waals surface area contributed by atoms with Gasteiger partial charge in [-0.25, -0.2) is 4.98 Å². The average molecular weight is 214 g/mol. The Kier molecular flexibility index (Phi) is 3.49. The number of imidazole rings is 1. The molecule has 0 spiro atoms. The Morgan fingerprint density at radius 1 is 1.25 bits per heavy atom. The summed E-state index contributed by atoms with van der Waals surface area (Å²) in [5, 5.41) is 0. The van der Waals surface area contributed by atoms with Crippen LogP contribution in [0.15, 0.2) is 42.7 Å². The van der Waals surface area contributed by atoms with Gasteiger partial charge in [0.25, 0.3) is 0 Å². The van der Waals surface area contributed by atoms with Crippen LogP contribution in [0.5, 0.6) is 0 Å². The van der Waals surface area contributed by atoms with Crippen LogP contribution in [-0.2, 0) is 17.8 Å². The molecular formula is C13H14N2O. The first-order valence-corrected chi connectivity index (χ1v) is 5.37. The first-order valence-electron chi connectivity index (χ1n) is 5.37. The number of hydrogen-bond donors (Lipinski definition) is 0. The molecule has 0 bridgehead atoms. The monoisotopic (exact) mass is 214 g/mol. The highest BCUT2D eigenvalue weighted by molar-refractivity contribution is 5.49. The molecule has 0 aliphatic carbocycles. The van der Waals surface area contributed by atoms with Crippen molar-refractivity contribution in [3.8, 4) is 0 Å². The van der Waals surface area contributed by atoms with E-state index in [4.69, 9.17) is 0 Å². The normalized spacial score (nSPS) is 10.2. The van der Waals surface area contributed by atoms with Gasteiger partial charge in [0, 0.05) is 31.8 Å². The number of rotatable bonds is 5. The minimum Gasteiger partial charge on any atom is -0.331 e. The van der Waals surface area contributed by atoms with Crippen molar-refractivity contribution in [2.45, 2.75) is 19.4 Å². The Morgan fingerprint density at radius 3 is 2.81 bits per heavy atom. The van der Waals surface area contributed by atoms with E-state index in [0.717, 1.165) is 18.7 Å². The lowest BCUT2D eigenvalue weighted by molar-refractivity contribution is -0.107. The molecule has 16 heavy (non-hydrogen) atoms. The molecule has 2 aromatic rings. The van der Waals surface area contributed by atoms with E-state index >= 15 is 0 Å². The van der Waals surface area contributed by atoms with Crippen LogP contribution >= 0.6 is 0 Å². The first-order chi connectivity index (χ1) is 7.90. The quantitative estimate of drug-likeness (QED) is 0.714. The second-order valence-corrected chi connectivity index (χ2v) is 3.66. The van der Waals surface area contributed by atoms with E-state index < -0.39 is 0 Å². The summed E-state index contributed by atoms with van der Waals surface area (Å²) in [6, 6.07) is 10.2. The molecule has 0 aliphatic heterocycles.